The number of aliphatic hydroxyl groups excluding tert-OH is 1. The summed E-state index contributed by atoms with van der Waals surface area (Å²) in [5.74, 6) is 1.09. The molecule has 1 aliphatic rings. The van der Waals surface area contributed by atoms with Crippen LogP contribution in [0.4, 0.5) is 0 Å². The van der Waals surface area contributed by atoms with Gasteiger partial charge in [-0.2, -0.15) is 0 Å². The standard InChI is InChI=1S/C15H31NO2/c1-12(2)10-16(8-9-18-5)11-13-6-7-15(3,4)14(13)17/h12-14,17H,6-11H2,1-5H3. The highest BCUT2D eigenvalue weighted by atomic mass is 16.5. The number of ether oxygens (including phenoxy) is 1. The monoisotopic (exact) mass is 257 g/mol. The van der Waals surface area contributed by atoms with Gasteiger partial charge in [0, 0.05) is 26.7 Å². The summed E-state index contributed by atoms with van der Waals surface area (Å²) in [7, 11) is 1.75. The third kappa shape index (κ3) is 4.52. The second kappa shape index (κ2) is 6.88. The van der Waals surface area contributed by atoms with Crippen molar-refractivity contribution in [3.05, 3.63) is 0 Å². The van der Waals surface area contributed by atoms with Crippen molar-refractivity contribution in [2.75, 3.05) is 33.4 Å². The smallest absolute Gasteiger partial charge is 0.0631 e. The fourth-order valence-electron chi connectivity index (χ4n) is 3.02. The first-order valence-electron chi connectivity index (χ1n) is 7.26. The largest absolute Gasteiger partial charge is 0.392 e. The summed E-state index contributed by atoms with van der Waals surface area (Å²) in [6.45, 7) is 12.7. The summed E-state index contributed by atoms with van der Waals surface area (Å²) >= 11 is 0. The average Bonchev–Trinajstić information content (AvgIpc) is 2.52. The van der Waals surface area contributed by atoms with Gasteiger partial charge in [0.1, 0.15) is 0 Å². The Balaban J connectivity index is 2.49. The van der Waals surface area contributed by atoms with Crippen LogP contribution in [0.1, 0.15) is 40.5 Å². The lowest BCUT2D eigenvalue weighted by Crippen LogP contribution is -2.39. The summed E-state index contributed by atoms with van der Waals surface area (Å²) in [5.41, 5.74) is 0.0927. The molecule has 1 saturated carbocycles. The van der Waals surface area contributed by atoms with Crippen molar-refractivity contribution in [1.82, 2.24) is 4.90 Å². The minimum Gasteiger partial charge on any atom is -0.392 e. The van der Waals surface area contributed by atoms with Crippen LogP contribution in [0.2, 0.25) is 0 Å². The van der Waals surface area contributed by atoms with Crippen LogP contribution in [0.25, 0.3) is 0 Å². The van der Waals surface area contributed by atoms with Gasteiger partial charge in [0.2, 0.25) is 0 Å². The van der Waals surface area contributed by atoms with E-state index in [0.717, 1.165) is 39.1 Å². The van der Waals surface area contributed by atoms with E-state index in [0.29, 0.717) is 11.8 Å². The highest BCUT2D eigenvalue weighted by Gasteiger charge is 2.41. The maximum Gasteiger partial charge on any atom is 0.0631 e. The van der Waals surface area contributed by atoms with Crippen LogP contribution in [-0.2, 0) is 4.74 Å². The molecule has 0 aromatic rings. The predicted octanol–water partition coefficient (Wildman–Crippen LogP) is 2.39. The second-order valence-corrected chi connectivity index (χ2v) is 6.88. The fourth-order valence-corrected chi connectivity index (χ4v) is 3.02. The second-order valence-electron chi connectivity index (χ2n) is 6.88. The van der Waals surface area contributed by atoms with Gasteiger partial charge in [0.15, 0.2) is 0 Å². The van der Waals surface area contributed by atoms with Gasteiger partial charge in [0.25, 0.3) is 0 Å². The highest BCUT2D eigenvalue weighted by molar-refractivity contribution is 4.92. The van der Waals surface area contributed by atoms with E-state index < -0.39 is 0 Å². The van der Waals surface area contributed by atoms with Crippen LogP contribution in [0, 0.1) is 17.3 Å². The predicted molar refractivity (Wildman–Crippen MR) is 75.7 cm³/mol. The lowest BCUT2D eigenvalue weighted by Gasteiger charge is -2.31. The molecule has 0 saturated heterocycles. The summed E-state index contributed by atoms with van der Waals surface area (Å²) in [5, 5.41) is 10.4. The molecule has 1 N–H and O–H groups in total. The molecular formula is C15H31NO2. The van der Waals surface area contributed by atoms with Crippen molar-refractivity contribution in [1.29, 1.82) is 0 Å². The third-order valence-corrected chi connectivity index (χ3v) is 4.13. The Bertz CT molecular complexity index is 241. The summed E-state index contributed by atoms with van der Waals surface area (Å²) in [4.78, 5) is 2.45. The van der Waals surface area contributed by atoms with Crippen molar-refractivity contribution in [2.45, 2.75) is 46.6 Å². The summed E-state index contributed by atoms with van der Waals surface area (Å²) in [6, 6.07) is 0. The highest BCUT2D eigenvalue weighted by Crippen LogP contribution is 2.41. The summed E-state index contributed by atoms with van der Waals surface area (Å²) < 4.78 is 5.18. The minimum absolute atomic E-state index is 0.0927. The zero-order valence-electron chi connectivity index (χ0n) is 12.8. The first-order chi connectivity index (χ1) is 8.36. The quantitative estimate of drug-likeness (QED) is 0.760. The van der Waals surface area contributed by atoms with E-state index in [4.69, 9.17) is 4.74 Å². The van der Waals surface area contributed by atoms with E-state index in [9.17, 15) is 5.11 Å². The number of aliphatic hydroxyl groups is 1. The summed E-state index contributed by atoms with van der Waals surface area (Å²) in [6.07, 6.45) is 2.13. The molecule has 1 rings (SSSR count). The SMILES string of the molecule is COCCN(CC(C)C)CC1CCC(C)(C)C1O. The van der Waals surface area contributed by atoms with Crippen LogP contribution in [-0.4, -0.2) is 49.5 Å². The molecule has 0 aromatic heterocycles. The Morgan fingerprint density at radius 1 is 1.39 bits per heavy atom. The van der Waals surface area contributed by atoms with Crippen LogP contribution in [0.3, 0.4) is 0 Å². The Hall–Kier alpha value is -0.120. The number of nitrogens with zero attached hydrogens (tertiary/aromatic N) is 1. The van der Waals surface area contributed by atoms with Crippen molar-refractivity contribution >= 4 is 0 Å². The normalized spacial score (nSPS) is 27.3. The van der Waals surface area contributed by atoms with Gasteiger partial charge in [-0.05, 0) is 30.1 Å². The molecule has 0 bridgehead atoms. The number of methoxy groups -OCH3 is 1. The van der Waals surface area contributed by atoms with E-state index in [1.807, 2.05) is 0 Å². The molecule has 0 aromatic carbocycles. The lowest BCUT2D eigenvalue weighted by atomic mass is 9.87. The van der Waals surface area contributed by atoms with Gasteiger partial charge in [-0.25, -0.2) is 0 Å². The maximum absolute atomic E-state index is 10.4. The van der Waals surface area contributed by atoms with Gasteiger partial charge in [-0.15, -0.1) is 0 Å². The Labute approximate surface area is 113 Å². The Morgan fingerprint density at radius 2 is 2.06 bits per heavy atom. The van der Waals surface area contributed by atoms with E-state index in [1.165, 1.54) is 0 Å². The van der Waals surface area contributed by atoms with E-state index >= 15 is 0 Å². The minimum atomic E-state index is -0.158. The first kappa shape index (κ1) is 15.9. The number of hydrogen-bond acceptors (Lipinski definition) is 3. The van der Waals surface area contributed by atoms with Gasteiger partial charge < -0.3 is 14.7 Å². The molecule has 0 aliphatic heterocycles. The molecule has 0 spiro atoms. The molecule has 3 heteroatoms. The molecule has 108 valence electrons. The molecule has 3 nitrogen and oxygen atoms in total. The molecule has 0 heterocycles. The Morgan fingerprint density at radius 3 is 2.50 bits per heavy atom. The molecule has 2 atom stereocenters. The van der Waals surface area contributed by atoms with Gasteiger partial charge in [0.05, 0.1) is 12.7 Å². The van der Waals surface area contributed by atoms with Crippen molar-refractivity contribution in [3.63, 3.8) is 0 Å². The molecule has 18 heavy (non-hydrogen) atoms. The molecule has 0 radical (unpaired) electrons. The van der Waals surface area contributed by atoms with Gasteiger partial charge >= 0.3 is 0 Å². The topological polar surface area (TPSA) is 32.7 Å². The third-order valence-electron chi connectivity index (χ3n) is 4.13. The molecular weight excluding hydrogens is 226 g/mol. The Kier molecular flexibility index (Phi) is 6.09. The van der Waals surface area contributed by atoms with Gasteiger partial charge in [-0.3, -0.25) is 0 Å². The zero-order chi connectivity index (χ0) is 13.8. The zero-order valence-corrected chi connectivity index (χ0v) is 12.8. The van der Waals surface area contributed by atoms with Crippen molar-refractivity contribution < 1.29 is 9.84 Å². The van der Waals surface area contributed by atoms with Crippen LogP contribution in [0.5, 0.6) is 0 Å². The molecule has 0 amide bonds. The van der Waals surface area contributed by atoms with Gasteiger partial charge in [-0.1, -0.05) is 27.7 Å². The van der Waals surface area contributed by atoms with Crippen LogP contribution in [0.15, 0.2) is 0 Å². The first-order valence-corrected chi connectivity index (χ1v) is 7.26. The van der Waals surface area contributed by atoms with Crippen molar-refractivity contribution in [3.8, 4) is 0 Å². The lowest BCUT2D eigenvalue weighted by molar-refractivity contribution is 0.0274. The number of rotatable bonds is 7. The van der Waals surface area contributed by atoms with E-state index in [1.54, 1.807) is 7.11 Å². The molecule has 2 unspecified atom stereocenters. The molecule has 1 fully saturated rings. The van der Waals surface area contributed by atoms with Crippen LogP contribution >= 0.6 is 0 Å². The van der Waals surface area contributed by atoms with Crippen molar-refractivity contribution in [2.24, 2.45) is 17.3 Å². The maximum atomic E-state index is 10.4. The number of hydrogen-bond donors (Lipinski definition) is 1. The fraction of sp³-hybridized carbons (Fsp3) is 1.00. The molecule has 1 aliphatic carbocycles. The van der Waals surface area contributed by atoms with E-state index in [2.05, 4.69) is 32.6 Å². The van der Waals surface area contributed by atoms with Crippen LogP contribution < -0.4 is 0 Å². The van der Waals surface area contributed by atoms with E-state index in [-0.39, 0.29) is 11.5 Å². The average molecular weight is 257 g/mol.